The maximum atomic E-state index is 12.6. The first-order valence-electron chi connectivity index (χ1n) is 12.7. The van der Waals surface area contributed by atoms with Crippen LogP contribution >= 0.6 is 0 Å². The molecule has 0 saturated heterocycles. The van der Waals surface area contributed by atoms with E-state index >= 15 is 0 Å². The Morgan fingerprint density at radius 1 is 1.00 bits per heavy atom. The molecule has 0 spiro atoms. The van der Waals surface area contributed by atoms with Gasteiger partial charge in [0, 0.05) is 17.4 Å². The zero-order valence-corrected chi connectivity index (χ0v) is 26.0. The van der Waals surface area contributed by atoms with E-state index in [1.807, 2.05) is 0 Å². The second kappa shape index (κ2) is 10.5. The molecule has 3 nitrogen and oxygen atoms in total. The van der Waals surface area contributed by atoms with Crippen molar-refractivity contribution in [2.45, 2.75) is 136 Å². The summed E-state index contributed by atoms with van der Waals surface area (Å²) in [6, 6.07) is 0. The van der Waals surface area contributed by atoms with Crippen LogP contribution in [0.2, 0.25) is 36.3 Å². The Morgan fingerprint density at radius 3 is 1.97 bits per heavy atom. The molecule has 0 aromatic heterocycles. The summed E-state index contributed by atoms with van der Waals surface area (Å²) in [5, 5.41) is 0.183. The molecule has 1 rings (SSSR count). The largest absolute Gasteiger partial charge is 0.412 e. The van der Waals surface area contributed by atoms with Crippen molar-refractivity contribution in [3.63, 3.8) is 0 Å². The quantitative estimate of drug-likeness (QED) is 0.195. The Hall–Kier alpha value is -0.676. The average Bonchev–Trinajstić information content (AvgIpc) is 2.87. The molecule has 1 unspecified atom stereocenters. The van der Waals surface area contributed by atoms with Crippen molar-refractivity contribution in [2.24, 2.45) is 11.3 Å². The van der Waals surface area contributed by atoms with Crippen LogP contribution in [-0.4, -0.2) is 34.6 Å². The highest BCUT2D eigenvalue weighted by Crippen LogP contribution is 2.42. The lowest BCUT2D eigenvalue weighted by Gasteiger charge is -2.42. The summed E-state index contributed by atoms with van der Waals surface area (Å²) in [5.41, 5.74) is 0.529. The fourth-order valence-corrected chi connectivity index (χ4v) is 6.11. The van der Waals surface area contributed by atoms with Crippen LogP contribution in [0.1, 0.15) is 88.0 Å². The van der Waals surface area contributed by atoms with Gasteiger partial charge in [0.1, 0.15) is 6.10 Å². The van der Waals surface area contributed by atoms with E-state index in [-0.39, 0.29) is 39.4 Å². The highest BCUT2D eigenvalue weighted by atomic mass is 28.4. The molecule has 3 atom stereocenters. The van der Waals surface area contributed by atoms with E-state index in [2.05, 4.69) is 107 Å². The van der Waals surface area contributed by atoms with E-state index in [0.29, 0.717) is 12.0 Å². The van der Waals surface area contributed by atoms with Crippen molar-refractivity contribution >= 4 is 22.4 Å². The second-order valence-corrected chi connectivity index (χ2v) is 23.2. The zero-order valence-electron chi connectivity index (χ0n) is 24.0. The predicted molar refractivity (Wildman–Crippen MR) is 147 cm³/mol. The summed E-state index contributed by atoms with van der Waals surface area (Å²) >= 11 is 0. The number of hydrogen-bond acceptors (Lipinski definition) is 3. The number of ketones is 1. The molecule has 0 amide bonds. The van der Waals surface area contributed by atoms with Crippen LogP contribution in [0, 0.1) is 23.2 Å². The fraction of sp³-hybridized carbons (Fsp3) is 0.821. The van der Waals surface area contributed by atoms with Crippen molar-refractivity contribution in [1.82, 2.24) is 0 Å². The van der Waals surface area contributed by atoms with E-state index in [0.717, 1.165) is 19.3 Å². The van der Waals surface area contributed by atoms with Crippen LogP contribution in [0.3, 0.4) is 0 Å². The molecular weight excluding hydrogens is 440 g/mol. The third-order valence-electron chi connectivity index (χ3n) is 8.22. The van der Waals surface area contributed by atoms with Crippen LogP contribution in [0.25, 0.3) is 0 Å². The minimum Gasteiger partial charge on any atom is -0.412 e. The normalized spacial score (nSPS) is 21.7. The SMILES string of the molecule is C=C1C(=O)C[C@@H](O[Si](C)(C)C(C)(C)C)[C@@H]1C#CC(O[Si](C)(C)C(C)(C)C)C(C)(C)CCCC. The first-order chi connectivity index (χ1) is 14.7. The Bertz CT molecular complexity index is 770. The predicted octanol–water partition coefficient (Wildman–Crippen LogP) is 8.13. The van der Waals surface area contributed by atoms with Gasteiger partial charge in [-0.3, -0.25) is 4.79 Å². The minimum atomic E-state index is -2.03. The molecule has 0 N–H and O–H groups in total. The smallest absolute Gasteiger partial charge is 0.193 e. The lowest BCUT2D eigenvalue weighted by molar-refractivity contribution is -0.115. The van der Waals surface area contributed by atoms with E-state index in [1.165, 1.54) is 0 Å². The topological polar surface area (TPSA) is 35.5 Å². The van der Waals surface area contributed by atoms with Crippen LogP contribution in [0.5, 0.6) is 0 Å². The van der Waals surface area contributed by atoms with Crippen LogP contribution in [0.15, 0.2) is 12.2 Å². The minimum absolute atomic E-state index is 0.0712. The number of carbonyl (C=O) groups is 1. The molecule has 0 aromatic carbocycles. The van der Waals surface area contributed by atoms with E-state index < -0.39 is 16.6 Å². The lowest BCUT2D eigenvalue weighted by atomic mass is 9.81. The monoisotopic (exact) mass is 492 g/mol. The van der Waals surface area contributed by atoms with Gasteiger partial charge < -0.3 is 8.85 Å². The van der Waals surface area contributed by atoms with Crippen LogP contribution in [-0.2, 0) is 13.6 Å². The first-order valence-corrected chi connectivity index (χ1v) is 18.6. The molecule has 0 heterocycles. The molecule has 1 saturated carbocycles. The highest BCUT2D eigenvalue weighted by molar-refractivity contribution is 6.74. The number of unbranched alkanes of at least 4 members (excludes halogenated alkanes) is 1. The van der Waals surface area contributed by atoms with Gasteiger partial charge in [-0.2, -0.15) is 0 Å². The summed E-state index contributed by atoms with van der Waals surface area (Å²) in [6.45, 7) is 33.4. The second-order valence-electron chi connectivity index (χ2n) is 13.7. The number of hydrogen-bond donors (Lipinski definition) is 0. The van der Waals surface area contributed by atoms with Gasteiger partial charge in [-0.15, -0.1) is 0 Å². The molecular formula is C28H52O3Si2. The standard InChI is InChI=1S/C28H52O3Si2/c1-15-16-19-28(9,10)25(31-33(13,14)27(6,7)8)18-17-22-21(2)23(29)20-24(22)30-32(11,12)26(3,4)5/h22,24-25H,2,15-16,19-20H2,1,3-14H3/t22-,24-,25?/m1/s1. The number of carbonyl (C=O) groups excluding carboxylic acids is 1. The van der Waals surface area contributed by atoms with Gasteiger partial charge in [-0.1, -0.05) is 93.6 Å². The van der Waals surface area contributed by atoms with Gasteiger partial charge in [0.25, 0.3) is 0 Å². The van der Waals surface area contributed by atoms with Gasteiger partial charge in [0.05, 0.1) is 12.0 Å². The number of rotatable bonds is 8. The van der Waals surface area contributed by atoms with Gasteiger partial charge in [0.2, 0.25) is 0 Å². The van der Waals surface area contributed by atoms with Gasteiger partial charge in [0.15, 0.2) is 22.4 Å². The molecule has 1 fully saturated rings. The Kier molecular flexibility index (Phi) is 9.68. The van der Waals surface area contributed by atoms with Crippen molar-refractivity contribution < 1.29 is 13.6 Å². The maximum absolute atomic E-state index is 12.6. The Morgan fingerprint density at radius 2 is 1.52 bits per heavy atom. The third kappa shape index (κ3) is 7.65. The van der Waals surface area contributed by atoms with E-state index in [9.17, 15) is 4.79 Å². The summed E-state index contributed by atoms with van der Waals surface area (Å²) in [4.78, 5) is 12.6. The third-order valence-corrected chi connectivity index (χ3v) is 17.2. The molecule has 5 heteroatoms. The molecule has 1 aliphatic rings. The first kappa shape index (κ1) is 30.4. The Labute approximate surface area is 207 Å². The Balaban J connectivity index is 3.35. The summed E-state index contributed by atoms with van der Waals surface area (Å²) < 4.78 is 13.6. The summed E-state index contributed by atoms with van der Waals surface area (Å²) in [5.74, 6) is 6.83. The highest BCUT2D eigenvalue weighted by Gasteiger charge is 2.46. The van der Waals surface area contributed by atoms with Crippen molar-refractivity contribution in [2.75, 3.05) is 0 Å². The van der Waals surface area contributed by atoms with Gasteiger partial charge in [-0.25, -0.2) is 0 Å². The molecule has 0 aliphatic heterocycles. The maximum Gasteiger partial charge on any atom is 0.193 e. The number of Topliss-reactive ketones (excluding diaryl/α,β-unsaturated/α-hetero) is 1. The molecule has 1 aliphatic carbocycles. The zero-order chi connectivity index (χ0) is 26.0. The molecule has 0 bridgehead atoms. The van der Waals surface area contributed by atoms with Gasteiger partial charge >= 0.3 is 0 Å². The molecule has 0 radical (unpaired) electrons. The van der Waals surface area contributed by atoms with E-state index in [4.69, 9.17) is 8.85 Å². The lowest BCUT2D eigenvalue weighted by Crippen LogP contribution is -2.47. The van der Waals surface area contributed by atoms with Crippen molar-refractivity contribution in [3.8, 4) is 11.8 Å². The fourth-order valence-electron chi connectivity index (χ4n) is 3.46. The molecule has 0 aromatic rings. The average molecular weight is 493 g/mol. The summed E-state index contributed by atoms with van der Waals surface area (Å²) in [6.07, 6.45) is 3.37. The molecule has 190 valence electrons. The van der Waals surface area contributed by atoms with Crippen LogP contribution in [0.4, 0.5) is 0 Å². The van der Waals surface area contributed by atoms with Crippen LogP contribution < -0.4 is 0 Å². The van der Waals surface area contributed by atoms with Crippen molar-refractivity contribution in [1.29, 1.82) is 0 Å². The van der Waals surface area contributed by atoms with E-state index in [1.54, 1.807) is 0 Å². The molecule has 33 heavy (non-hydrogen) atoms. The van der Waals surface area contributed by atoms with Crippen molar-refractivity contribution in [3.05, 3.63) is 12.2 Å². The summed E-state index contributed by atoms with van der Waals surface area (Å²) in [7, 11) is -4.05. The van der Waals surface area contributed by atoms with Gasteiger partial charge in [-0.05, 0) is 42.7 Å².